The zero-order valence-corrected chi connectivity index (χ0v) is 18.5. The van der Waals surface area contributed by atoms with Crippen molar-refractivity contribution >= 4 is 34.8 Å². The Hall–Kier alpha value is -3.89. The van der Waals surface area contributed by atoms with Crippen LogP contribution in [0.4, 0.5) is 11.4 Å². The molecule has 0 atom stereocenters. The predicted molar refractivity (Wildman–Crippen MR) is 132 cm³/mol. The summed E-state index contributed by atoms with van der Waals surface area (Å²) < 4.78 is 0. The minimum Gasteiger partial charge on any atom is -0.322 e. The van der Waals surface area contributed by atoms with Crippen LogP contribution in [0.2, 0.25) is 5.02 Å². The molecular weight excluding hydrogens is 432 g/mol. The summed E-state index contributed by atoms with van der Waals surface area (Å²) in [5, 5.41) is 3.37. The van der Waals surface area contributed by atoms with Gasteiger partial charge in [-0.15, -0.1) is 0 Å². The molecule has 1 aliphatic rings. The first-order chi connectivity index (χ1) is 16.1. The van der Waals surface area contributed by atoms with Crippen LogP contribution in [0.3, 0.4) is 0 Å². The molecule has 0 aliphatic carbocycles. The van der Waals surface area contributed by atoms with Crippen molar-refractivity contribution in [1.29, 1.82) is 0 Å². The number of benzene rings is 4. The van der Waals surface area contributed by atoms with Crippen LogP contribution in [0.1, 0.15) is 37.4 Å². The Morgan fingerprint density at radius 1 is 0.727 bits per heavy atom. The maximum absolute atomic E-state index is 13.5. The highest BCUT2D eigenvalue weighted by Crippen LogP contribution is 2.31. The third-order valence-electron chi connectivity index (χ3n) is 5.83. The van der Waals surface area contributed by atoms with Gasteiger partial charge < -0.3 is 10.2 Å². The van der Waals surface area contributed by atoms with E-state index in [4.69, 9.17) is 11.6 Å². The number of rotatable bonds is 3. The zero-order valence-electron chi connectivity index (χ0n) is 17.8. The highest BCUT2D eigenvalue weighted by molar-refractivity contribution is 6.31. The van der Waals surface area contributed by atoms with Gasteiger partial charge >= 0.3 is 0 Å². The van der Waals surface area contributed by atoms with Crippen LogP contribution in [-0.4, -0.2) is 11.8 Å². The number of amides is 2. The van der Waals surface area contributed by atoms with E-state index in [2.05, 4.69) is 23.5 Å². The highest BCUT2D eigenvalue weighted by Gasteiger charge is 2.24. The quantitative estimate of drug-likeness (QED) is 0.394. The van der Waals surface area contributed by atoms with E-state index in [1.54, 1.807) is 48.5 Å². The largest absolute Gasteiger partial charge is 0.322 e. The lowest BCUT2D eigenvalue weighted by molar-refractivity contribution is 0.0982. The van der Waals surface area contributed by atoms with Gasteiger partial charge in [0.2, 0.25) is 0 Å². The molecule has 0 fully saturated rings. The first-order valence-corrected chi connectivity index (χ1v) is 11.1. The lowest BCUT2D eigenvalue weighted by Crippen LogP contribution is -2.30. The molecule has 0 saturated heterocycles. The maximum Gasteiger partial charge on any atom is 0.258 e. The third kappa shape index (κ3) is 4.38. The molecule has 0 radical (unpaired) electrons. The molecule has 1 heterocycles. The second kappa shape index (κ2) is 8.93. The molecule has 1 N–H and O–H groups in total. The second-order valence-corrected chi connectivity index (χ2v) is 8.44. The summed E-state index contributed by atoms with van der Waals surface area (Å²) in [7, 11) is 0. The predicted octanol–water partition coefficient (Wildman–Crippen LogP) is 6.34. The van der Waals surface area contributed by atoms with Crippen molar-refractivity contribution in [3.8, 4) is 0 Å². The summed E-state index contributed by atoms with van der Waals surface area (Å²) in [6.07, 6.45) is 0.790. The molecular formula is C28H21ClN2O2. The summed E-state index contributed by atoms with van der Waals surface area (Å²) >= 11 is 5.99. The topological polar surface area (TPSA) is 49.4 Å². The summed E-state index contributed by atoms with van der Waals surface area (Å²) in [4.78, 5) is 28.0. The number of anilines is 2. The number of nitrogens with zero attached hydrogens (tertiary/aromatic N) is 1. The van der Waals surface area contributed by atoms with Crippen LogP contribution in [0, 0.1) is 0 Å². The van der Waals surface area contributed by atoms with Crippen molar-refractivity contribution in [3.63, 3.8) is 0 Å². The van der Waals surface area contributed by atoms with E-state index >= 15 is 0 Å². The van der Waals surface area contributed by atoms with Gasteiger partial charge in [0, 0.05) is 27.5 Å². The van der Waals surface area contributed by atoms with Crippen LogP contribution in [0.25, 0.3) is 0 Å². The molecule has 1 aliphatic heterocycles. The van der Waals surface area contributed by atoms with E-state index in [1.165, 1.54) is 5.56 Å². The molecule has 4 aromatic carbocycles. The fourth-order valence-corrected chi connectivity index (χ4v) is 4.33. The van der Waals surface area contributed by atoms with Gasteiger partial charge in [0.1, 0.15) is 0 Å². The number of hydrogen-bond acceptors (Lipinski definition) is 2. The molecule has 0 saturated carbocycles. The molecule has 0 spiro atoms. The van der Waals surface area contributed by atoms with Gasteiger partial charge in [0.15, 0.2) is 0 Å². The van der Waals surface area contributed by atoms with Crippen molar-refractivity contribution in [2.45, 2.75) is 13.0 Å². The zero-order chi connectivity index (χ0) is 22.8. The van der Waals surface area contributed by atoms with Gasteiger partial charge in [-0.05, 0) is 71.6 Å². The van der Waals surface area contributed by atoms with Gasteiger partial charge in [0.25, 0.3) is 11.8 Å². The average Bonchev–Trinajstić information content (AvgIpc) is 3.00. The van der Waals surface area contributed by atoms with Gasteiger partial charge in [-0.2, -0.15) is 0 Å². The van der Waals surface area contributed by atoms with Gasteiger partial charge in [-0.25, -0.2) is 0 Å². The number of carbonyl (C=O) groups is 2. The van der Waals surface area contributed by atoms with Crippen LogP contribution in [0.5, 0.6) is 0 Å². The van der Waals surface area contributed by atoms with Gasteiger partial charge in [-0.1, -0.05) is 60.1 Å². The smallest absolute Gasteiger partial charge is 0.258 e. The molecule has 0 unspecified atom stereocenters. The molecule has 5 heteroatoms. The number of para-hydroxylation sites is 1. The Bertz CT molecular complexity index is 1350. The Morgan fingerprint density at radius 3 is 2.15 bits per heavy atom. The SMILES string of the molecule is O=C(Nc1cccc(Cl)c1)c1ccc(C(=O)N2Cc3ccccc3Cc3ccccc32)cc1. The monoisotopic (exact) mass is 452 g/mol. The molecule has 4 aromatic rings. The molecule has 5 rings (SSSR count). The van der Waals surface area contributed by atoms with Crippen molar-refractivity contribution in [2.24, 2.45) is 0 Å². The van der Waals surface area contributed by atoms with Crippen molar-refractivity contribution < 1.29 is 9.59 Å². The third-order valence-corrected chi connectivity index (χ3v) is 6.07. The Labute approximate surface area is 197 Å². The first kappa shape index (κ1) is 21.0. The number of nitrogens with one attached hydrogen (secondary N) is 1. The van der Waals surface area contributed by atoms with E-state index in [1.807, 2.05) is 35.2 Å². The van der Waals surface area contributed by atoms with E-state index in [-0.39, 0.29) is 11.8 Å². The molecule has 0 aromatic heterocycles. The van der Waals surface area contributed by atoms with Crippen LogP contribution in [-0.2, 0) is 13.0 Å². The van der Waals surface area contributed by atoms with E-state index < -0.39 is 0 Å². The maximum atomic E-state index is 13.5. The van der Waals surface area contributed by atoms with Gasteiger partial charge in [0.05, 0.1) is 6.54 Å². The summed E-state index contributed by atoms with van der Waals surface area (Å²) in [6, 6.07) is 30.0. The minimum atomic E-state index is -0.259. The fraction of sp³-hybridized carbons (Fsp3) is 0.0714. The van der Waals surface area contributed by atoms with E-state index in [0.29, 0.717) is 28.4 Å². The summed E-state index contributed by atoms with van der Waals surface area (Å²) in [6.45, 7) is 0.503. The number of fused-ring (bicyclic) bond motifs is 2. The van der Waals surface area contributed by atoms with Crippen molar-refractivity contribution in [1.82, 2.24) is 0 Å². The van der Waals surface area contributed by atoms with Crippen molar-refractivity contribution in [3.05, 3.63) is 130 Å². The van der Waals surface area contributed by atoms with Crippen molar-refractivity contribution in [2.75, 3.05) is 10.2 Å². The Morgan fingerprint density at radius 2 is 1.39 bits per heavy atom. The summed E-state index contributed by atoms with van der Waals surface area (Å²) in [5.41, 5.74) is 6.02. The van der Waals surface area contributed by atoms with Crippen LogP contribution in [0.15, 0.2) is 97.1 Å². The van der Waals surface area contributed by atoms with E-state index in [0.717, 1.165) is 23.2 Å². The van der Waals surface area contributed by atoms with E-state index in [9.17, 15) is 9.59 Å². The lowest BCUT2D eigenvalue weighted by atomic mass is 10.0. The molecule has 4 nitrogen and oxygen atoms in total. The van der Waals surface area contributed by atoms with Crippen LogP contribution < -0.4 is 10.2 Å². The number of hydrogen-bond donors (Lipinski definition) is 1. The standard InChI is InChI=1S/C28H21ClN2O2/c29-24-9-5-10-25(17-24)30-27(32)19-12-14-20(15-13-19)28(33)31-18-23-8-2-1-6-21(23)16-22-7-3-4-11-26(22)31/h1-15,17H,16,18H2,(H,30,32). The molecule has 162 valence electrons. The normalized spacial score (nSPS) is 12.3. The second-order valence-electron chi connectivity index (χ2n) is 8.01. The number of carbonyl (C=O) groups excluding carboxylic acids is 2. The molecule has 33 heavy (non-hydrogen) atoms. The Kier molecular flexibility index (Phi) is 5.68. The van der Waals surface area contributed by atoms with Gasteiger partial charge in [-0.3, -0.25) is 9.59 Å². The minimum absolute atomic E-state index is 0.0963. The Balaban J connectivity index is 1.40. The summed E-state index contributed by atoms with van der Waals surface area (Å²) in [5.74, 6) is -0.355. The van der Waals surface area contributed by atoms with Crippen LogP contribution >= 0.6 is 11.6 Å². The average molecular weight is 453 g/mol. The highest BCUT2D eigenvalue weighted by atomic mass is 35.5. The molecule has 0 bridgehead atoms. The molecule has 2 amide bonds. The first-order valence-electron chi connectivity index (χ1n) is 10.7. The lowest BCUT2D eigenvalue weighted by Gasteiger charge is -2.23. The number of halogens is 1. The fourth-order valence-electron chi connectivity index (χ4n) is 4.14.